The summed E-state index contributed by atoms with van der Waals surface area (Å²) in [6, 6.07) is 10.1. The van der Waals surface area contributed by atoms with Crippen LogP contribution in [0.4, 0.5) is 0 Å². The zero-order valence-electron chi connectivity index (χ0n) is 10.9. The van der Waals surface area contributed by atoms with E-state index in [1.165, 1.54) is 5.56 Å². The lowest BCUT2D eigenvalue weighted by molar-refractivity contribution is -0.141. The molecule has 1 heterocycles. The van der Waals surface area contributed by atoms with Crippen LogP contribution in [0.15, 0.2) is 30.3 Å². The van der Waals surface area contributed by atoms with E-state index in [9.17, 15) is 4.79 Å². The van der Waals surface area contributed by atoms with Crippen molar-refractivity contribution in [3.8, 4) is 0 Å². The summed E-state index contributed by atoms with van der Waals surface area (Å²) in [5, 5.41) is 0. The van der Waals surface area contributed by atoms with Crippen molar-refractivity contribution in [1.82, 2.24) is 9.80 Å². The zero-order chi connectivity index (χ0) is 13.0. The Bertz CT molecular complexity index is 393. The summed E-state index contributed by atoms with van der Waals surface area (Å²) in [6.45, 7) is 5.78. The quantitative estimate of drug-likeness (QED) is 0.851. The van der Waals surface area contributed by atoms with E-state index in [0.29, 0.717) is 13.1 Å². The van der Waals surface area contributed by atoms with E-state index in [-0.39, 0.29) is 11.9 Å². The highest BCUT2D eigenvalue weighted by atomic mass is 16.2. The second-order valence-corrected chi connectivity index (χ2v) is 4.75. The highest BCUT2D eigenvalue weighted by Crippen LogP contribution is 2.13. The molecular weight excluding hydrogens is 226 g/mol. The fourth-order valence-electron chi connectivity index (χ4n) is 2.41. The first-order chi connectivity index (χ1) is 8.72. The second kappa shape index (κ2) is 5.98. The number of nitrogens with zero attached hydrogens (tertiary/aromatic N) is 2. The second-order valence-electron chi connectivity index (χ2n) is 4.75. The van der Waals surface area contributed by atoms with Gasteiger partial charge in [-0.3, -0.25) is 9.69 Å². The van der Waals surface area contributed by atoms with Crippen molar-refractivity contribution >= 4 is 5.91 Å². The summed E-state index contributed by atoms with van der Waals surface area (Å²) in [4.78, 5) is 16.4. The number of rotatable bonds is 4. The van der Waals surface area contributed by atoms with Crippen LogP contribution in [0.5, 0.6) is 0 Å². The van der Waals surface area contributed by atoms with Crippen molar-refractivity contribution in [1.29, 1.82) is 0 Å². The van der Waals surface area contributed by atoms with Gasteiger partial charge in [-0.05, 0) is 12.5 Å². The van der Waals surface area contributed by atoms with E-state index in [0.717, 1.165) is 19.6 Å². The van der Waals surface area contributed by atoms with Gasteiger partial charge in [-0.1, -0.05) is 30.3 Å². The lowest BCUT2D eigenvalue weighted by atomic mass is 10.1. The molecule has 1 aromatic carbocycles. The van der Waals surface area contributed by atoms with E-state index in [1.807, 2.05) is 30.0 Å². The number of carbonyl (C=O) groups is 1. The van der Waals surface area contributed by atoms with Crippen molar-refractivity contribution in [3.05, 3.63) is 35.9 Å². The monoisotopic (exact) mass is 247 g/mol. The molecule has 98 valence electrons. The molecule has 0 aromatic heterocycles. The minimum absolute atomic E-state index is 0.0500. The Hall–Kier alpha value is -1.39. The Balaban J connectivity index is 1.98. The molecule has 0 bridgehead atoms. The first-order valence-corrected chi connectivity index (χ1v) is 6.49. The van der Waals surface area contributed by atoms with E-state index >= 15 is 0 Å². The predicted molar refractivity (Wildman–Crippen MR) is 71.9 cm³/mol. The molecule has 4 heteroatoms. The Kier molecular flexibility index (Phi) is 4.33. The molecule has 1 aromatic rings. The van der Waals surface area contributed by atoms with Gasteiger partial charge in [0.2, 0.25) is 5.91 Å². The van der Waals surface area contributed by atoms with Crippen LogP contribution in [0.3, 0.4) is 0 Å². The molecule has 18 heavy (non-hydrogen) atoms. The first-order valence-electron chi connectivity index (χ1n) is 6.49. The third kappa shape index (κ3) is 2.89. The van der Waals surface area contributed by atoms with E-state index < -0.39 is 0 Å². The predicted octanol–water partition coefficient (Wildman–Crippen LogP) is 0.678. The van der Waals surface area contributed by atoms with Crippen molar-refractivity contribution in [2.24, 2.45) is 5.73 Å². The summed E-state index contributed by atoms with van der Waals surface area (Å²) in [5.74, 6) is 0.207. The molecule has 1 amide bonds. The molecule has 4 nitrogen and oxygen atoms in total. The molecule has 0 spiro atoms. The molecule has 2 rings (SSSR count). The van der Waals surface area contributed by atoms with Crippen LogP contribution in [-0.4, -0.2) is 47.9 Å². The Morgan fingerprint density at radius 2 is 2.00 bits per heavy atom. The lowest BCUT2D eigenvalue weighted by Crippen LogP contribution is -2.56. The van der Waals surface area contributed by atoms with Gasteiger partial charge >= 0.3 is 0 Å². The summed E-state index contributed by atoms with van der Waals surface area (Å²) < 4.78 is 0. The SMILES string of the molecule is CC1C(=O)N(Cc2ccccc2)CCN1CCN. The molecule has 1 saturated heterocycles. The van der Waals surface area contributed by atoms with Gasteiger partial charge in [-0.15, -0.1) is 0 Å². The summed E-state index contributed by atoms with van der Waals surface area (Å²) in [5.41, 5.74) is 6.74. The van der Waals surface area contributed by atoms with Gasteiger partial charge in [0.15, 0.2) is 0 Å². The molecule has 2 N–H and O–H groups in total. The molecule has 1 unspecified atom stereocenters. The maximum Gasteiger partial charge on any atom is 0.239 e. The van der Waals surface area contributed by atoms with Gasteiger partial charge < -0.3 is 10.6 Å². The highest BCUT2D eigenvalue weighted by molar-refractivity contribution is 5.82. The standard InChI is InChI=1S/C14H21N3O/c1-12-14(18)17(10-9-16(12)8-7-15)11-13-5-3-2-4-6-13/h2-6,12H,7-11,15H2,1H3. The van der Waals surface area contributed by atoms with E-state index in [4.69, 9.17) is 5.73 Å². The molecule has 0 aliphatic carbocycles. The Morgan fingerprint density at radius 3 is 2.67 bits per heavy atom. The van der Waals surface area contributed by atoms with Crippen LogP contribution < -0.4 is 5.73 Å². The number of nitrogens with two attached hydrogens (primary N) is 1. The number of hydrogen-bond acceptors (Lipinski definition) is 3. The maximum atomic E-state index is 12.3. The van der Waals surface area contributed by atoms with Crippen LogP contribution >= 0.6 is 0 Å². The molecular formula is C14H21N3O. The van der Waals surface area contributed by atoms with Crippen LogP contribution in [0, 0.1) is 0 Å². The molecule has 1 aliphatic rings. The number of carbonyl (C=O) groups excluding carboxylic acids is 1. The summed E-state index contributed by atoms with van der Waals surface area (Å²) >= 11 is 0. The maximum absolute atomic E-state index is 12.3. The fraction of sp³-hybridized carbons (Fsp3) is 0.500. The fourth-order valence-corrected chi connectivity index (χ4v) is 2.41. The largest absolute Gasteiger partial charge is 0.336 e. The highest BCUT2D eigenvalue weighted by Gasteiger charge is 2.30. The van der Waals surface area contributed by atoms with Gasteiger partial charge in [0, 0.05) is 32.7 Å². The Labute approximate surface area is 108 Å². The van der Waals surface area contributed by atoms with Crippen LogP contribution in [0.1, 0.15) is 12.5 Å². The van der Waals surface area contributed by atoms with Crippen molar-refractivity contribution in [3.63, 3.8) is 0 Å². The van der Waals surface area contributed by atoms with Crippen LogP contribution in [0.2, 0.25) is 0 Å². The van der Waals surface area contributed by atoms with Crippen LogP contribution in [-0.2, 0) is 11.3 Å². The third-order valence-corrected chi connectivity index (χ3v) is 3.51. The Morgan fingerprint density at radius 1 is 1.28 bits per heavy atom. The van der Waals surface area contributed by atoms with Crippen molar-refractivity contribution in [2.75, 3.05) is 26.2 Å². The smallest absolute Gasteiger partial charge is 0.239 e. The zero-order valence-corrected chi connectivity index (χ0v) is 10.9. The number of piperazine rings is 1. The topological polar surface area (TPSA) is 49.6 Å². The van der Waals surface area contributed by atoms with Crippen molar-refractivity contribution < 1.29 is 4.79 Å². The van der Waals surface area contributed by atoms with Gasteiger partial charge in [-0.2, -0.15) is 0 Å². The molecule has 0 saturated carbocycles. The molecule has 1 aliphatic heterocycles. The minimum Gasteiger partial charge on any atom is -0.336 e. The summed E-state index contributed by atoms with van der Waals surface area (Å²) in [6.07, 6.45) is 0. The number of hydrogen-bond donors (Lipinski definition) is 1. The van der Waals surface area contributed by atoms with Gasteiger partial charge in [0.25, 0.3) is 0 Å². The van der Waals surface area contributed by atoms with Crippen LogP contribution in [0.25, 0.3) is 0 Å². The number of benzene rings is 1. The first kappa shape index (κ1) is 13.1. The molecule has 0 radical (unpaired) electrons. The lowest BCUT2D eigenvalue weighted by Gasteiger charge is -2.39. The summed E-state index contributed by atoms with van der Waals surface area (Å²) in [7, 11) is 0. The van der Waals surface area contributed by atoms with Gasteiger partial charge in [-0.25, -0.2) is 0 Å². The van der Waals surface area contributed by atoms with E-state index in [2.05, 4.69) is 17.0 Å². The average Bonchev–Trinajstić information content (AvgIpc) is 2.40. The normalized spacial score (nSPS) is 21.3. The average molecular weight is 247 g/mol. The van der Waals surface area contributed by atoms with E-state index in [1.54, 1.807) is 0 Å². The third-order valence-electron chi connectivity index (χ3n) is 3.51. The molecule has 1 fully saturated rings. The van der Waals surface area contributed by atoms with Gasteiger partial charge in [0.05, 0.1) is 6.04 Å². The number of amides is 1. The van der Waals surface area contributed by atoms with Crippen molar-refractivity contribution in [2.45, 2.75) is 19.5 Å². The minimum atomic E-state index is -0.0500. The molecule has 1 atom stereocenters. The van der Waals surface area contributed by atoms with Gasteiger partial charge in [0.1, 0.15) is 0 Å².